The Kier molecular flexibility index (Phi) is 6.38. The van der Waals surface area contributed by atoms with Crippen LogP contribution in [-0.2, 0) is 24.3 Å². The number of carbonyl (C=O) groups excluding carboxylic acids is 2. The van der Waals surface area contributed by atoms with Crippen LogP contribution in [-0.4, -0.2) is 40.6 Å². The number of rotatable bonds is 7. The second-order valence-electron chi connectivity index (χ2n) is 5.19. The summed E-state index contributed by atoms with van der Waals surface area (Å²) in [4.78, 5) is 23.9. The molecule has 0 amide bonds. The quantitative estimate of drug-likeness (QED) is 0.667. The van der Waals surface area contributed by atoms with E-state index in [1.807, 2.05) is 0 Å². The van der Waals surface area contributed by atoms with Crippen LogP contribution in [0.25, 0.3) is 0 Å². The Morgan fingerprint density at radius 1 is 1.19 bits per heavy atom. The smallest absolute Gasteiger partial charge is 0.338 e. The van der Waals surface area contributed by atoms with E-state index < -0.39 is 28.5 Å². The monoisotopic (exact) mass is 397 g/mol. The fraction of sp³-hybridized carbons (Fsp3) is 0.294. The molecule has 26 heavy (non-hydrogen) atoms. The molecule has 1 heterocycles. The maximum Gasteiger partial charge on any atom is 0.338 e. The van der Waals surface area contributed by atoms with Gasteiger partial charge in [0.1, 0.15) is 10.8 Å². The van der Waals surface area contributed by atoms with E-state index in [9.17, 15) is 18.0 Å². The summed E-state index contributed by atoms with van der Waals surface area (Å²) in [5.74, 6) is -1.27. The molecule has 0 fully saturated rings. The summed E-state index contributed by atoms with van der Waals surface area (Å²) in [6, 6.07) is 7.67. The van der Waals surface area contributed by atoms with Crippen molar-refractivity contribution in [2.45, 2.75) is 18.1 Å². The number of carbonyl (C=O) groups is 2. The van der Waals surface area contributed by atoms with Crippen molar-refractivity contribution >= 4 is 39.0 Å². The Labute approximate surface area is 156 Å². The molecule has 0 aliphatic carbocycles. The topological polar surface area (TPSA) is 90.0 Å². The predicted molar refractivity (Wildman–Crippen MR) is 98.0 cm³/mol. The van der Waals surface area contributed by atoms with Gasteiger partial charge in [0.25, 0.3) is 10.0 Å². The van der Waals surface area contributed by atoms with Crippen molar-refractivity contribution in [3.8, 4) is 0 Å². The number of sulfonamides is 1. The van der Waals surface area contributed by atoms with Crippen molar-refractivity contribution in [3.63, 3.8) is 0 Å². The number of nitrogens with zero attached hydrogens (tertiary/aromatic N) is 1. The zero-order valence-corrected chi connectivity index (χ0v) is 16.2. The van der Waals surface area contributed by atoms with Crippen LogP contribution in [0.1, 0.15) is 22.8 Å². The molecular weight excluding hydrogens is 378 g/mol. The van der Waals surface area contributed by atoms with E-state index in [4.69, 9.17) is 9.47 Å². The third kappa shape index (κ3) is 4.05. The molecule has 1 aromatic carbocycles. The fourth-order valence-corrected chi connectivity index (χ4v) is 4.94. The van der Waals surface area contributed by atoms with Gasteiger partial charge in [0, 0.05) is 0 Å². The van der Waals surface area contributed by atoms with Gasteiger partial charge in [0.2, 0.25) is 0 Å². The van der Waals surface area contributed by atoms with E-state index in [1.54, 1.807) is 25.3 Å². The number of hydrogen-bond acceptors (Lipinski definition) is 7. The summed E-state index contributed by atoms with van der Waals surface area (Å²) in [5.41, 5.74) is 0.832. The van der Waals surface area contributed by atoms with Crippen molar-refractivity contribution in [3.05, 3.63) is 46.8 Å². The predicted octanol–water partition coefficient (Wildman–Crippen LogP) is 2.60. The lowest BCUT2D eigenvalue weighted by Crippen LogP contribution is -2.37. The SMILES string of the molecule is CCOC(=O)CN(c1cccc(C(=O)OC)c1C)S(=O)(=O)c1cccs1. The van der Waals surface area contributed by atoms with Crippen LogP contribution < -0.4 is 4.31 Å². The molecule has 7 nitrogen and oxygen atoms in total. The van der Waals surface area contributed by atoms with E-state index in [0.29, 0.717) is 5.56 Å². The molecule has 0 unspecified atom stereocenters. The Morgan fingerprint density at radius 3 is 2.50 bits per heavy atom. The number of ether oxygens (including phenoxy) is 2. The molecule has 0 aliphatic heterocycles. The van der Waals surface area contributed by atoms with Crippen molar-refractivity contribution in [1.29, 1.82) is 0 Å². The van der Waals surface area contributed by atoms with Gasteiger partial charge in [-0.25, -0.2) is 13.2 Å². The van der Waals surface area contributed by atoms with E-state index in [2.05, 4.69) is 0 Å². The minimum absolute atomic E-state index is 0.0877. The normalized spacial score (nSPS) is 11.0. The Morgan fingerprint density at radius 2 is 1.92 bits per heavy atom. The number of hydrogen-bond donors (Lipinski definition) is 0. The van der Waals surface area contributed by atoms with Crippen molar-refractivity contribution in [1.82, 2.24) is 0 Å². The number of anilines is 1. The minimum Gasteiger partial charge on any atom is -0.465 e. The van der Waals surface area contributed by atoms with E-state index in [0.717, 1.165) is 15.6 Å². The maximum atomic E-state index is 13.0. The Bertz CT molecular complexity index is 890. The second kappa shape index (κ2) is 8.33. The molecule has 0 aliphatic rings. The van der Waals surface area contributed by atoms with Crippen molar-refractivity contribution in [2.75, 3.05) is 24.6 Å². The standard InChI is InChI=1S/C17H19NO6S2/c1-4-24-15(19)11-18(26(21,22)16-9-6-10-25-16)14-8-5-7-13(12(14)2)17(20)23-3/h5-10H,4,11H2,1-3H3. The largest absolute Gasteiger partial charge is 0.465 e. The number of benzene rings is 1. The van der Waals surface area contributed by atoms with Crippen LogP contribution in [0.3, 0.4) is 0 Å². The molecule has 140 valence electrons. The number of methoxy groups -OCH3 is 1. The summed E-state index contributed by atoms with van der Waals surface area (Å²) in [6.07, 6.45) is 0. The molecule has 1 aromatic heterocycles. The minimum atomic E-state index is -4.00. The molecule has 0 saturated carbocycles. The average molecular weight is 397 g/mol. The summed E-state index contributed by atoms with van der Waals surface area (Å²) in [5, 5.41) is 1.63. The molecule has 9 heteroatoms. The first-order valence-electron chi connectivity index (χ1n) is 7.72. The highest BCUT2D eigenvalue weighted by Gasteiger charge is 2.30. The lowest BCUT2D eigenvalue weighted by atomic mass is 10.1. The zero-order valence-electron chi connectivity index (χ0n) is 14.6. The Balaban J connectivity index is 2.58. The van der Waals surface area contributed by atoms with E-state index in [1.165, 1.54) is 31.4 Å². The van der Waals surface area contributed by atoms with Gasteiger partial charge in [-0.15, -0.1) is 11.3 Å². The van der Waals surface area contributed by atoms with Gasteiger partial charge >= 0.3 is 11.9 Å². The first-order valence-corrected chi connectivity index (χ1v) is 10.0. The van der Waals surface area contributed by atoms with Crippen LogP contribution in [0, 0.1) is 6.92 Å². The zero-order chi connectivity index (χ0) is 19.3. The molecule has 2 aromatic rings. The first-order chi connectivity index (χ1) is 12.3. The van der Waals surface area contributed by atoms with Gasteiger partial charge in [-0.05, 0) is 43.0 Å². The number of esters is 2. The second-order valence-corrected chi connectivity index (χ2v) is 8.23. The van der Waals surface area contributed by atoms with E-state index >= 15 is 0 Å². The molecule has 2 rings (SSSR count). The first kappa shape index (κ1) is 19.9. The lowest BCUT2D eigenvalue weighted by molar-refractivity contribution is -0.141. The highest BCUT2D eigenvalue weighted by atomic mass is 32.2. The summed E-state index contributed by atoms with van der Waals surface area (Å²) in [7, 11) is -2.75. The molecule has 0 N–H and O–H groups in total. The van der Waals surface area contributed by atoms with Crippen LogP contribution in [0.2, 0.25) is 0 Å². The van der Waals surface area contributed by atoms with E-state index in [-0.39, 0.29) is 22.1 Å². The Hall–Kier alpha value is -2.39. The summed E-state index contributed by atoms with van der Waals surface area (Å²) in [6.45, 7) is 2.87. The molecule has 0 radical (unpaired) electrons. The number of thiophene rings is 1. The van der Waals surface area contributed by atoms with Gasteiger partial charge in [-0.3, -0.25) is 9.10 Å². The van der Waals surface area contributed by atoms with Crippen molar-refractivity contribution in [2.24, 2.45) is 0 Å². The average Bonchev–Trinajstić information content (AvgIpc) is 3.15. The van der Waals surface area contributed by atoms with Crippen molar-refractivity contribution < 1.29 is 27.5 Å². The highest BCUT2D eigenvalue weighted by Crippen LogP contribution is 2.30. The van der Waals surface area contributed by atoms with Gasteiger partial charge < -0.3 is 9.47 Å². The van der Waals surface area contributed by atoms with Crippen LogP contribution >= 0.6 is 11.3 Å². The third-order valence-corrected chi connectivity index (χ3v) is 6.73. The van der Waals surface area contributed by atoms with Crippen LogP contribution in [0.4, 0.5) is 5.69 Å². The molecule has 0 atom stereocenters. The van der Waals surface area contributed by atoms with Crippen LogP contribution in [0.15, 0.2) is 39.9 Å². The molecule has 0 spiro atoms. The summed E-state index contributed by atoms with van der Waals surface area (Å²) < 4.78 is 36.8. The lowest BCUT2D eigenvalue weighted by Gasteiger charge is -2.25. The summed E-state index contributed by atoms with van der Waals surface area (Å²) >= 11 is 1.04. The molecule has 0 bridgehead atoms. The van der Waals surface area contributed by atoms with Crippen LogP contribution in [0.5, 0.6) is 0 Å². The maximum absolute atomic E-state index is 13.0. The van der Waals surface area contributed by atoms with Gasteiger partial charge in [-0.2, -0.15) is 0 Å². The van der Waals surface area contributed by atoms with Gasteiger partial charge in [0.05, 0.1) is 25.0 Å². The fourth-order valence-electron chi connectivity index (χ4n) is 2.37. The van der Waals surface area contributed by atoms with Gasteiger partial charge in [0.15, 0.2) is 0 Å². The molecule has 0 saturated heterocycles. The highest BCUT2D eigenvalue weighted by molar-refractivity contribution is 7.94. The van der Waals surface area contributed by atoms with Gasteiger partial charge in [-0.1, -0.05) is 12.1 Å². The third-order valence-electron chi connectivity index (χ3n) is 3.60. The molecular formula is C17H19NO6S2.